The molecule has 20 heavy (non-hydrogen) atoms. The van der Waals surface area contributed by atoms with Gasteiger partial charge in [-0.05, 0) is 30.7 Å². The molecule has 5 heteroatoms. The van der Waals surface area contributed by atoms with Crippen LogP contribution in [0.4, 0.5) is 14.5 Å². The third kappa shape index (κ3) is 3.22. The van der Waals surface area contributed by atoms with Gasteiger partial charge in [0, 0.05) is 16.1 Å². The van der Waals surface area contributed by atoms with E-state index < -0.39 is 22.5 Å². The monoisotopic (exact) mass is 295 g/mol. The number of rotatable bonds is 4. The first-order valence-corrected chi connectivity index (χ1v) is 7.40. The summed E-state index contributed by atoms with van der Waals surface area (Å²) >= 11 is 0. The van der Waals surface area contributed by atoms with Crippen molar-refractivity contribution in [3.8, 4) is 0 Å². The lowest BCUT2D eigenvalue weighted by Gasteiger charge is -2.16. The Labute approximate surface area is 119 Å². The van der Waals surface area contributed by atoms with E-state index in [1.807, 2.05) is 0 Å². The Balaban J connectivity index is 2.20. The quantitative estimate of drug-likeness (QED) is 0.878. The second-order valence-corrected chi connectivity index (χ2v) is 6.03. The van der Waals surface area contributed by atoms with E-state index in [0.717, 1.165) is 5.56 Å². The van der Waals surface area contributed by atoms with Crippen molar-refractivity contribution < 1.29 is 13.0 Å². The normalized spacial score (nSPS) is 13.2. The van der Waals surface area contributed by atoms with Crippen LogP contribution >= 0.6 is 0 Å². The van der Waals surface area contributed by atoms with Gasteiger partial charge in [0.1, 0.15) is 0 Å². The minimum atomic E-state index is -3.12. The van der Waals surface area contributed by atoms with Crippen LogP contribution in [0, 0.1) is 6.92 Å². The summed E-state index contributed by atoms with van der Waals surface area (Å²) in [5.41, 5.74) is 6.83. The predicted octanol–water partition coefficient (Wildman–Crippen LogP) is 3.48. The van der Waals surface area contributed by atoms with E-state index in [1.165, 1.54) is 18.2 Å². The van der Waals surface area contributed by atoms with E-state index >= 15 is 0 Å². The Morgan fingerprint density at radius 2 is 1.80 bits per heavy atom. The average molecular weight is 295 g/mol. The number of alkyl halides is 2. The van der Waals surface area contributed by atoms with Crippen molar-refractivity contribution in [1.29, 1.82) is 0 Å². The molecule has 0 radical (unpaired) electrons. The van der Waals surface area contributed by atoms with E-state index in [2.05, 4.69) is 0 Å². The van der Waals surface area contributed by atoms with Gasteiger partial charge in [0.25, 0.3) is 5.92 Å². The molecule has 2 N–H and O–H groups in total. The van der Waals surface area contributed by atoms with Crippen molar-refractivity contribution in [3.05, 3.63) is 59.7 Å². The molecule has 0 bridgehead atoms. The molecule has 0 aromatic heterocycles. The maximum atomic E-state index is 14.1. The van der Waals surface area contributed by atoms with Gasteiger partial charge in [0.05, 0.1) is 16.6 Å². The van der Waals surface area contributed by atoms with Gasteiger partial charge >= 0.3 is 0 Å². The van der Waals surface area contributed by atoms with E-state index in [1.54, 1.807) is 37.3 Å². The first kappa shape index (κ1) is 14.7. The molecule has 0 spiro atoms. The van der Waals surface area contributed by atoms with Crippen molar-refractivity contribution in [2.75, 3.05) is 11.5 Å². The van der Waals surface area contributed by atoms with Gasteiger partial charge in [-0.3, -0.25) is 4.21 Å². The fraction of sp³-hybridized carbons (Fsp3) is 0.200. The minimum Gasteiger partial charge on any atom is -0.399 e. The maximum absolute atomic E-state index is 14.1. The molecule has 2 nitrogen and oxygen atoms in total. The predicted molar refractivity (Wildman–Crippen MR) is 77.2 cm³/mol. The van der Waals surface area contributed by atoms with E-state index in [9.17, 15) is 13.0 Å². The highest BCUT2D eigenvalue weighted by Gasteiger charge is 2.34. The van der Waals surface area contributed by atoms with Crippen LogP contribution in [0.25, 0.3) is 0 Å². The number of anilines is 1. The van der Waals surface area contributed by atoms with Gasteiger partial charge in [-0.1, -0.05) is 30.3 Å². The number of hydrogen-bond acceptors (Lipinski definition) is 2. The van der Waals surface area contributed by atoms with Crippen LogP contribution < -0.4 is 5.73 Å². The molecule has 0 saturated heterocycles. The number of nitrogen functional groups attached to an aromatic ring is 1. The Hall–Kier alpha value is -1.75. The van der Waals surface area contributed by atoms with Gasteiger partial charge in [-0.25, -0.2) is 8.78 Å². The van der Waals surface area contributed by atoms with Crippen molar-refractivity contribution >= 4 is 16.5 Å². The fourth-order valence-corrected chi connectivity index (χ4v) is 2.99. The molecule has 1 atom stereocenters. The lowest BCUT2D eigenvalue weighted by atomic mass is 10.1. The Kier molecular flexibility index (Phi) is 4.18. The topological polar surface area (TPSA) is 43.1 Å². The van der Waals surface area contributed by atoms with Gasteiger partial charge in [0.2, 0.25) is 0 Å². The van der Waals surface area contributed by atoms with Gasteiger partial charge < -0.3 is 5.73 Å². The molecule has 1 unspecified atom stereocenters. The van der Waals surface area contributed by atoms with Crippen molar-refractivity contribution in [2.45, 2.75) is 17.7 Å². The van der Waals surface area contributed by atoms with Gasteiger partial charge in [-0.15, -0.1) is 0 Å². The first-order valence-electron chi connectivity index (χ1n) is 6.08. The number of hydrogen-bond donors (Lipinski definition) is 1. The molecular weight excluding hydrogens is 280 g/mol. The molecule has 2 aromatic carbocycles. The second-order valence-electron chi connectivity index (χ2n) is 4.58. The highest BCUT2D eigenvalue weighted by molar-refractivity contribution is 7.85. The van der Waals surface area contributed by atoms with Crippen molar-refractivity contribution in [1.82, 2.24) is 0 Å². The van der Waals surface area contributed by atoms with E-state index in [0.29, 0.717) is 10.6 Å². The summed E-state index contributed by atoms with van der Waals surface area (Å²) in [6.07, 6.45) is 0. The summed E-state index contributed by atoms with van der Waals surface area (Å²) in [5, 5.41) is 0. The molecule has 0 aliphatic carbocycles. The minimum absolute atomic E-state index is 0.125. The smallest absolute Gasteiger partial charge is 0.284 e. The molecule has 0 saturated carbocycles. The summed E-state index contributed by atoms with van der Waals surface area (Å²) in [4.78, 5) is 0.368. The number of aryl methyl sites for hydroxylation is 1. The number of nitrogens with two attached hydrogens (primary N) is 1. The third-order valence-corrected chi connectivity index (χ3v) is 4.42. The van der Waals surface area contributed by atoms with Crippen LogP contribution in [0.5, 0.6) is 0 Å². The fourth-order valence-electron chi connectivity index (χ4n) is 1.80. The Morgan fingerprint density at radius 3 is 2.40 bits per heavy atom. The molecule has 106 valence electrons. The van der Waals surface area contributed by atoms with Gasteiger partial charge in [0.15, 0.2) is 0 Å². The van der Waals surface area contributed by atoms with Crippen LogP contribution in [-0.4, -0.2) is 9.96 Å². The number of halogens is 2. The summed E-state index contributed by atoms with van der Waals surface area (Å²) in [5.74, 6) is -3.86. The summed E-state index contributed by atoms with van der Waals surface area (Å²) in [7, 11) is -1.78. The molecule has 0 amide bonds. The molecular formula is C15H15F2NOS. The first-order chi connectivity index (χ1) is 9.40. The van der Waals surface area contributed by atoms with Crippen LogP contribution in [0.3, 0.4) is 0 Å². The van der Waals surface area contributed by atoms with Crippen LogP contribution in [0.15, 0.2) is 53.4 Å². The van der Waals surface area contributed by atoms with Crippen molar-refractivity contribution in [3.63, 3.8) is 0 Å². The zero-order valence-corrected chi connectivity index (χ0v) is 11.8. The van der Waals surface area contributed by atoms with E-state index in [4.69, 9.17) is 5.73 Å². The van der Waals surface area contributed by atoms with Crippen molar-refractivity contribution in [2.24, 2.45) is 0 Å². The van der Waals surface area contributed by atoms with Crippen LogP contribution in [-0.2, 0) is 16.7 Å². The Morgan fingerprint density at radius 1 is 1.15 bits per heavy atom. The molecule has 0 aliphatic heterocycles. The van der Waals surface area contributed by atoms with Gasteiger partial charge in [-0.2, -0.15) is 0 Å². The molecule has 0 fully saturated rings. The summed E-state index contributed by atoms with van der Waals surface area (Å²) < 4.78 is 40.2. The SMILES string of the molecule is Cc1cc(S(=O)CC(F)(F)c2ccccc2)ccc1N. The van der Waals surface area contributed by atoms with Crippen LogP contribution in [0.1, 0.15) is 11.1 Å². The largest absolute Gasteiger partial charge is 0.399 e. The summed E-state index contributed by atoms with van der Waals surface area (Å²) in [6, 6.07) is 12.1. The zero-order valence-electron chi connectivity index (χ0n) is 11.0. The Bertz CT molecular complexity index is 629. The lowest BCUT2D eigenvalue weighted by molar-refractivity contribution is 0.0222. The highest BCUT2D eigenvalue weighted by Crippen LogP contribution is 2.30. The van der Waals surface area contributed by atoms with Crippen LogP contribution in [0.2, 0.25) is 0 Å². The zero-order chi connectivity index (χ0) is 14.8. The second kappa shape index (κ2) is 5.71. The summed E-state index contributed by atoms with van der Waals surface area (Å²) in [6.45, 7) is 1.76. The molecule has 0 aliphatic rings. The molecule has 0 heterocycles. The van der Waals surface area contributed by atoms with E-state index in [-0.39, 0.29) is 5.56 Å². The lowest BCUT2D eigenvalue weighted by Crippen LogP contribution is -2.22. The molecule has 2 aromatic rings. The highest BCUT2D eigenvalue weighted by atomic mass is 32.2. The average Bonchev–Trinajstić information content (AvgIpc) is 2.42. The standard InChI is InChI=1S/C15H15F2NOS/c1-11-9-13(7-8-14(11)18)20(19)10-15(16,17)12-5-3-2-4-6-12/h2-9H,10,18H2,1H3. The third-order valence-electron chi connectivity index (χ3n) is 3.01. The maximum Gasteiger partial charge on any atom is 0.284 e. The molecule has 2 rings (SSSR count). The number of benzene rings is 2.